The van der Waals surface area contributed by atoms with Crippen LogP contribution in [0.4, 0.5) is 0 Å². The van der Waals surface area contributed by atoms with Crippen molar-refractivity contribution in [2.24, 2.45) is 5.10 Å². The van der Waals surface area contributed by atoms with Crippen molar-refractivity contribution in [1.29, 1.82) is 0 Å². The van der Waals surface area contributed by atoms with E-state index in [2.05, 4.69) is 10.5 Å². The molecule has 0 aliphatic carbocycles. The van der Waals surface area contributed by atoms with Gasteiger partial charge in [0.05, 0.1) is 40.6 Å². The van der Waals surface area contributed by atoms with Crippen molar-refractivity contribution in [3.63, 3.8) is 0 Å². The van der Waals surface area contributed by atoms with Crippen LogP contribution in [0, 0.1) is 0 Å². The van der Waals surface area contributed by atoms with Crippen LogP contribution in [-0.4, -0.2) is 40.1 Å². The molecule has 150 valence electrons. The molecule has 0 bridgehead atoms. The second kappa shape index (κ2) is 10.2. The molecule has 28 heavy (non-hydrogen) atoms. The summed E-state index contributed by atoms with van der Waals surface area (Å²) in [5.41, 5.74) is 5.01. The molecule has 0 aromatic heterocycles. The van der Waals surface area contributed by atoms with E-state index < -0.39 is 0 Å². The van der Waals surface area contributed by atoms with Gasteiger partial charge in [-0.2, -0.15) is 5.10 Å². The Hall–Kier alpha value is -3.22. The molecule has 0 radical (unpaired) electrons. The van der Waals surface area contributed by atoms with Crippen LogP contribution in [0.25, 0.3) is 0 Å². The number of benzene rings is 2. The van der Waals surface area contributed by atoms with E-state index in [4.69, 9.17) is 18.9 Å². The van der Waals surface area contributed by atoms with Gasteiger partial charge in [0.1, 0.15) is 0 Å². The van der Waals surface area contributed by atoms with Gasteiger partial charge >= 0.3 is 0 Å². The standard InChI is InChI=1S/C21H26N2O5/c1-6-16(15-8-10-18(26-3)20(13-15)28-5)22-23-21(24)12-14-7-9-17(25-2)19(11-14)27-4/h7-11,13H,6,12H2,1-5H3,(H,23,24)/b22-16-. The average Bonchev–Trinajstić information content (AvgIpc) is 2.73. The van der Waals surface area contributed by atoms with Crippen LogP contribution < -0.4 is 24.4 Å². The molecule has 7 nitrogen and oxygen atoms in total. The van der Waals surface area contributed by atoms with E-state index in [0.717, 1.165) is 16.8 Å². The summed E-state index contributed by atoms with van der Waals surface area (Å²) in [5.74, 6) is 2.22. The number of hydrogen-bond acceptors (Lipinski definition) is 6. The van der Waals surface area contributed by atoms with E-state index >= 15 is 0 Å². The number of methoxy groups -OCH3 is 4. The van der Waals surface area contributed by atoms with Gasteiger partial charge in [-0.15, -0.1) is 0 Å². The van der Waals surface area contributed by atoms with Gasteiger partial charge in [0.25, 0.3) is 0 Å². The fourth-order valence-corrected chi connectivity index (χ4v) is 2.71. The van der Waals surface area contributed by atoms with Crippen molar-refractivity contribution in [1.82, 2.24) is 5.43 Å². The van der Waals surface area contributed by atoms with Crippen LogP contribution in [0.5, 0.6) is 23.0 Å². The fourth-order valence-electron chi connectivity index (χ4n) is 2.71. The zero-order chi connectivity index (χ0) is 20.5. The number of rotatable bonds is 9. The van der Waals surface area contributed by atoms with Crippen LogP contribution in [0.2, 0.25) is 0 Å². The van der Waals surface area contributed by atoms with E-state index in [1.54, 1.807) is 40.6 Å². The Morgan fingerprint density at radius 3 is 2.00 bits per heavy atom. The van der Waals surface area contributed by atoms with Crippen LogP contribution >= 0.6 is 0 Å². The Balaban J connectivity index is 2.11. The van der Waals surface area contributed by atoms with E-state index in [0.29, 0.717) is 29.4 Å². The third kappa shape index (κ3) is 5.16. The monoisotopic (exact) mass is 386 g/mol. The molecule has 1 amide bonds. The number of hydrogen-bond donors (Lipinski definition) is 1. The quantitative estimate of drug-likeness (QED) is 0.529. The molecule has 0 atom stereocenters. The van der Waals surface area contributed by atoms with Crippen LogP contribution in [0.15, 0.2) is 41.5 Å². The van der Waals surface area contributed by atoms with Crippen molar-refractivity contribution in [2.75, 3.05) is 28.4 Å². The lowest BCUT2D eigenvalue weighted by atomic mass is 10.1. The maximum atomic E-state index is 12.3. The Morgan fingerprint density at radius 1 is 0.857 bits per heavy atom. The Bertz CT molecular complexity index is 849. The predicted octanol–water partition coefficient (Wildman–Crippen LogP) is 3.19. The van der Waals surface area contributed by atoms with Crippen molar-refractivity contribution >= 4 is 11.6 Å². The summed E-state index contributed by atoms with van der Waals surface area (Å²) >= 11 is 0. The summed E-state index contributed by atoms with van der Waals surface area (Å²) in [4.78, 5) is 12.3. The largest absolute Gasteiger partial charge is 0.493 e. The number of hydrazone groups is 1. The van der Waals surface area contributed by atoms with Crippen LogP contribution in [0.3, 0.4) is 0 Å². The van der Waals surface area contributed by atoms with Crippen molar-refractivity contribution in [3.05, 3.63) is 47.5 Å². The molecule has 0 spiro atoms. The second-order valence-electron chi connectivity index (χ2n) is 5.88. The Kier molecular flexibility index (Phi) is 7.68. The summed E-state index contributed by atoms with van der Waals surface area (Å²) < 4.78 is 21.1. The van der Waals surface area contributed by atoms with E-state index in [9.17, 15) is 4.79 Å². The molecule has 2 rings (SSSR count). The lowest BCUT2D eigenvalue weighted by Crippen LogP contribution is -2.21. The smallest absolute Gasteiger partial charge is 0.244 e. The van der Waals surface area contributed by atoms with E-state index in [1.807, 2.05) is 31.2 Å². The molecule has 2 aromatic carbocycles. The minimum Gasteiger partial charge on any atom is -0.493 e. The third-order valence-corrected chi connectivity index (χ3v) is 4.18. The first kappa shape index (κ1) is 21.1. The number of nitrogens with one attached hydrogen (secondary N) is 1. The first-order valence-electron chi connectivity index (χ1n) is 8.84. The summed E-state index contributed by atoms with van der Waals surface area (Å²) in [5, 5.41) is 4.28. The summed E-state index contributed by atoms with van der Waals surface area (Å²) in [6.07, 6.45) is 0.818. The average molecular weight is 386 g/mol. The molecule has 0 unspecified atom stereocenters. The molecule has 1 N–H and O–H groups in total. The molecular formula is C21H26N2O5. The summed E-state index contributed by atoms with van der Waals surface area (Å²) in [6, 6.07) is 10.9. The molecular weight excluding hydrogens is 360 g/mol. The molecule has 0 saturated heterocycles. The summed E-state index contributed by atoms with van der Waals surface area (Å²) in [7, 11) is 6.29. The highest BCUT2D eigenvalue weighted by Gasteiger charge is 2.11. The van der Waals surface area contributed by atoms with Crippen molar-refractivity contribution in [3.8, 4) is 23.0 Å². The number of amides is 1. The van der Waals surface area contributed by atoms with Gasteiger partial charge in [0, 0.05) is 5.56 Å². The number of nitrogens with zero attached hydrogens (tertiary/aromatic N) is 1. The Morgan fingerprint density at radius 2 is 1.43 bits per heavy atom. The van der Waals surface area contributed by atoms with Gasteiger partial charge in [-0.3, -0.25) is 4.79 Å². The lowest BCUT2D eigenvalue weighted by molar-refractivity contribution is -0.120. The highest BCUT2D eigenvalue weighted by molar-refractivity contribution is 6.01. The second-order valence-corrected chi connectivity index (χ2v) is 5.88. The van der Waals surface area contributed by atoms with Gasteiger partial charge in [0.2, 0.25) is 5.91 Å². The van der Waals surface area contributed by atoms with Crippen LogP contribution in [0.1, 0.15) is 24.5 Å². The van der Waals surface area contributed by atoms with Gasteiger partial charge < -0.3 is 18.9 Å². The number of carbonyl (C=O) groups excluding carboxylic acids is 1. The SMILES string of the molecule is CC/C(=N/NC(=O)Cc1ccc(OC)c(OC)c1)c1ccc(OC)c(OC)c1. The summed E-state index contributed by atoms with van der Waals surface area (Å²) in [6.45, 7) is 1.97. The molecule has 0 fully saturated rings. The van der Waals surface area contributed by atoms with E-state index in [1.165, 1.54) is 0 Å². The first-order valence-corrected chi connectivity index (χ1v) is 8.84. The highest BCUT2D eigenvalue weighted by atomic mass is 16.5. The van der Waals surface area contributed by atoms with Gasteiger partial charge in [-0.25, -0.2) is 5.43 Å². The minimum absolute atomic E-state index is 0.173. The molecule has 2 aromatic rings. The minimum atomic E-state index is -0.223. The van der Waals surface area contributed by atoms with Crippen molar-refractivity contribution in [2.45, 2.75) is 19.8 Å². The van der Waals surface area contributed by atoms with Gasteiger partial charge in [-0.1, -0.05) is 13.0 Å². The predicted molar refractivity (Wildman–Crippen MR) is 108 cm³/mol. The number of ether oxygens (including phenoxy) is 4. The Labute approximate surface area is 165 Å². The maximum Gasteiger partial charge on any atom is 0.244 e. The zero-order valence-electron chi connectivity index (χ0n) is 16.9. The zero-order valence-corrected chi connectivity index (χ0v) is 16.9. The third-order valence-electron chi connectivity index (χ3n) is 4.18. The molecule has 0 heterocycles. The fraction of sp³-hybridized carbons (Fsp3) is 0.333. The first-order chi connectivity index (χ1) is 13.6. The molecule has 0 aliphatic rings. The van der Waals surface area contributed by atoms with Gasteiger partial charge in [0.15, 0.2) is 23.0 Å². The molecule has 0 saturated carbocycles. The van der Waals surface area contributed by atoms with Gasteiger partial charge in [-0.05, 0) is 42.3 Å². The highest BCUT2D eigenvalue weighted by Crippen LogP contribution is 2.29. The lowest BCUT2D eigenvalue weighted by Gasteiger charge is -2.11. The molecule has 0 aliphatic heterocycles. The normalized spacial score (nSPS) is 11.0. The molecule has 7 heteroatoms. The van der Waals surface area contributed by atoms with E-state index in [-0.39, 0.29) is 12.3 Å². The topological polar surface area (TPSA) is 78.4 Å². The van der Waals surface area contributed by atoms with Crippen LogP contribution in [-0.2, 0) is 11.2 Å². The van der Waals surface area contributed by atoms with Crippen molar-refractivity contribution < 1.29 is 23.7 Å². The number of carbonyl (C=O) groups is 1. The maximum absolute atomic E-state index is 12.3.